The third kappa shape index (κ3) is 4.10. The molecule has 39 heavy (non-hydrogen) atoms. The Morgan fingerprint density at radius 2 is 1.87 bits per heavy atom. The minimum absolute atomic E-state index is 0.00626. The molecular weight excluding hydrogens is 538 g/mol. The molecule has 0 unspecified atom stereocenters. The van der Waals surface area contributed by atoms with Gasteiger partial charge in [0.1, 0.15) is 12.0 Å². The maximum absolute atomic E-state index is 16.2. The monoisotopic (exact) mass is 559 g/mol. The number of anilines is 2. The summed E-state index contributed by atoms with van der Waals surface area (Å²) in [5.41, 5.74) is -1.81. The Morgan fingerprint density at radius 3 is 2.56 bits per heavy atom. The quantitative estimate of drug-likeness (QED) is 0.466. The maximum atomic E-state index is 16.2. The van der Waals surface area contributed by atoms with Crippen molar-refractivity contribution < 1.29 is 27.2 Å². The topological polar surface area (TPSA) is 78.4 Å². The molecule has 7 nitrogen and oxygen atoms in total. The molecule has 3 aliphatic rings. The van der Waals surface area contributed by atoms with Crippen molar-refractivity contribution in [3.05, 3.63) is 81.9 Å². The summed E-state index contributed by atoms with van der Waals surface area (Å²) < 4.78 is 59.6. The second kappa shape index (κ2) is 9.18. The molecule has 2 amide bonds. The number of nitrogens with one attached hydrogen (secondary N) is 1. The molecule has 1 N–H and O–H groups in total. The molecule has 2 aliphatic heterocycles. The van der Waals surface area contributed by atoms with Crippen LogP contribution >= 0.6 is 11.6 Å². The van der Waals surface area contributed by atoms with Crippen LogP contribution in [0, 0.1) is 23.4 Å². The number of fused-ring (bicyclic) bond motifs is 1. The number of amides is 2. The number of hydrogen-bond donors (Lipinski definition) is 1. The van der Waals surface area contributed by atoms with E-state index in [1.165, 1.54) is 35.4 Å². The second-order valence-corrected chi connectivity index (χ2v) is 10.7. The molecule has 1 aromatic carbocycles. The molecule has 1 saturated heterocycles. The van der Waals surface area contributed by atoms with Gasteiger partial charge in [-0.1, -0.05) is 23.7 Å². The average Bonchev–Trinajstić information content (AvgIpc) is 3.62. The van der Waals surface area contributed by atoms with Crippen molar-refractivity contribution in [3.63, 3.8) is 0 Å². The summed E-state index contributed by atoms with van der Waals surface area (Å²) in [6.45, 7) is 1.70. The Labute approximate surface area is 225 Å². The van der Waals surface area contributed by atoms with Crippen molar-refractivity contribution >= 4 is 35.1 Å². The molecular formula is C27H22ClF4N5O2. The van der Waals surface area contributed by atoms with Crippen molar-refractivity contribution in [1.29, 1.82) is 0 Å². The fourth-order valence-corrected chi connectivity index (χ4v) is 5.57. The highest BCUT2D eigenvalue weighted by Gasteiger charge is 2.49. The Morgan fingerprint density at radius 1 is 1.13 bits per heavy atom. The van der Waals surface area contributed by atoms with Crippen molar-refractivity contribution in [1.82, 2.24) is 14.9 Å². The van der Waals surface area contributed by atoms with Crippen LogP contribution in [0.5, 0.6) is 0 Å². The van der Waals surface area contributed by atoms with E-state index >= 15 is 8.78 Å². The third-order valence-corrected chi connectivity index (χ3v) is 7.92. The van der Waals surface area contributed by atoms with Crippen LogP contribution in [0.3, 0.4) is 0 Å². The van der Waals surface area contributed by atoms with Crippen molar-refractivity contribution in [2.45, 2.75) is 31.0 Å². The first kappa shape index (κ1) is 25.5. The summed E-state index contributed by atoms with van der Waals surface area (Å²) in [4.78, 5) is 36.4. The zero-order valence-electron chi connectivity index (χ0n) is 20.6. The number of pyridine rings is 2. The van der Waals surface area contributed by atoms with Gasteiger partial charge in [0.05, 0.1) is 22.5 Å². The van der Waals surface area contributed by atoms with Crippen LogP contribution in [-0.2, 0) is 10.2 Å². The molecule has 4 heterocycles. The van der Waals surface area contributed by atoms with Gasteiger partial charge >= 0.3 is 0 Å². The second-order valence-electron chi connectivity index (χ2n) is 10.3. The summed E-state index contributed by atoms with van der Waals surface area (Å²) in [5.74, 6) is -4.52. The number of likely N-dealkylation sites (tertiary alicyclic amines) is 1. The predicted molar refractivity (Wildman–Crippen MR) is 135 cm³/mol. The van der Waals surface area contributed by atoms with Crippen molar-refractivity contribution in [3.8, 4) is 0 Å². The maximum Gasteiger partial charge on any atom is 0.261 e. The number of carbonyl (C=O) groups is 2. The lowest BCUT2D eigenvalue weighted by atomic mass is 9.71. The molecule has 1 saturated carbocycles. The molecule has 1 aliphatic carbocycles. The van der Waals surface area contributed by atoms with E-state index in [0.717, 1.165) is 17.2 Å². The first-order valence-electron chi connectivity index (χ1n) is 12.4. The zero-order chi connectivity index (χ0) is 27.6. The lowest BCUT2D eigenvalue weighted by molar-refractivity contribution is -0.136. The Balaban J connectivity index is 1.39. The Bertz CT molecular complexity index is 1520. The SMILES string of the molecule is C[C@]1(c2cccc(Cl)c2F)CN(c2ncccc2F)C(=O)c2cnc(NC3CN(C(=O)[C@@H]4C[C@@H]4F)C3)c(F)c21. The van der Waals surface area contributed by atoms with Gasteiger partial charge in [-0.2, -0.15) is 0 Å². The fourth-order valence-electron chi connectivity index (χ4n) is 5.40. The molecule has 3 aromatic rings. The number of rotatable bonds is 5. The van der Waals surface area contributed by atoms with Gasteiger partial charge in [-0.25, -0.2) is 27.5 Å². The summed E-state index contributed by atoms with van der Waals surface area (Å²) in [5, 5.41) is 2.75. The van der Waals surface area contributed by atoms with E-state index in [-0.39, 0.29) is 71.4 Å². The van der Waals surface area contributed by atoms with Gasteiger partial charge in [-0.15, -0.1) is 0 Å². The molecule has 0 spiro atoms. The number of nitrogens with zero attached hydrogens (tertiary/aromatic N) is 4. The molecule has 2 fully saturated rings. The van der Waals surface area contributed by atoms with Gasteiger partial charge in [0, 0.05) is 48.6 Å². The molecule has 0 radical (unpaired) electrons. The van der Waals surface area contributed by atoms with Gasteiger partial charge in [0.25, 0.3) is 5.91 Å². The molecule has 0 bridgehead atoms. The zero-order valence-corrected chi connectivity index (χ0v) is 21.4. The van der Waals surface area contributed by atoms with Gasteiger partial charge < -0.3 is 10.2 Å². The Kier molecular flexibility index (Phi) is 6.01. The molecule has 202 valence electrons. The van der Waals surface area contributed by atoms with Crippen LogP contribution in [0.2, 0.25) is 5.02 Å². The minimum atomic E-state index is -1.52. The van der Waals surface area contributed by atoms with Crippen LogP contribution in [0.1, 0.15) is 34.8 Å². The van der Waals surface area contributed by atoms with Crippen molar-refractivity contribution in [2.75, 3.05) is 29.9 Å². The highest BCUT2D eigenvalue weighted by molar-refractivity contribution is 6.30. The summed E-state index contributed by atoms with van der Waals surface area (Å²) >= 11 is 6.07. The average molecular weight is 560 g/mol. The number of hydrogen-bond acceptors (Lipinski definition) is 5. The Hall–Kier alpha value is -3.73. The van der Waals surface area contributed by atoms with E-state index in [2.05, 4.69) is 15.3 Å². The van der Waals surface area contributed by atoms with E-state index in [0.29, 0.717) is 0 Å². The fraction of sp³-hybridized carbons (Fsp3) is 0.333. The first-order chi connectivity index (χ1) is 18.6. The van der Waals surface area contributed by atoms with E-state index in [4.69, 9.17) is 11.6 Å². The van der Waals surface area contributed by atoms with Gasteiger partial charge in [-0.05, 0) is 31.5 Å². The van der Waals surface area contributed by atoms with E-state index in [9.17, 15) is 18.4 Å². The smallest absolute Gasteiger partial charge is 0.261 e. The van der Waals surface area contributed by atoms with E-state index < -0.39 is 40.9 Å². The molecule has 2 aromatic heterocycles. The predicted octanol–water partition coefficient (Wildman–Crippen LogP) is 4.49. The van der Waals surface area contributed by atoms with Crippen LogP contribution in [0.4, 0.5) is 29.2 Å². The lowest BCUT2D eigenvalue weighted by Gasteiger charge is -2.43. The van der Waals surface area contributed by atoms with Crippen LogP contribution in [0.15, 0.2) is 42.7 Å². The summed E-state index contributed by atoms with van der Waals surface area (Å²) in [6.07, 6.45) is 1.59. The number of benzene rings is 1. The van der Waals surface area contributed by atoms with Crippen LogP contribution < -0.4 is 10.2 Å². The molecule has 6 rings (SSSR count). The highest BCUT2D eigenvalue weighted by atomic mass is 35.5. The van der Waals surface area contributed by atoms with Crippen molar-refractivity contribution in [2.24, 2.45) is 5.92 Å². The van der Waals surface area contributed by atoms with Gasteiger partial charge in [0.2, 0.25) is 5.91 Å². The number of alkyl halides is 1. The normalized spacial score (nSPS) is 24.3. The summed E-state index contributed by atoms with van der Waals surface area (Å²) in [6, 6.07) is 6.45. The molecule has 3 atom stereocenters. The van der Waals surface area contributed by atoms with Gasteiger partial charge in [-0.3, -0.25) is 14.5 Å². The molecule has 12 heteroatoms. The van der Waals surface area contributed by atoms with Gasteiger partial charge in [0.15, 0.2) is 23.3 Å². The minimum Gasteiger partial charge on any atom is -0.361 e. The first-order valence-corrected chi connectivity index (χ1v) is 12.7. The van der Waals surface area contributed by atoms with E-state index in [1.54, 1.807) is 6.92 Å². The van der Waals surface area contributed by atoms with Crippen LogP contribution in [-0.4, -0.2) is 58.5 Å². The standard InChI is InChI=1S/C27H22ClF4N5O2/c1-27(16-4-2-5-17(28)21(16)31)12-37(24-18(29)6-3-7-33-24)26(39)15-9-34-23(22(32)20(15)27)35-13-10-36(11-13)25(38)14-8-19(14)30/h2-7,9,13-14,19H,8,10-12H2,1H3,(H,34,35)/t14-,19+,27-/m1/s1. The highest BCUT2D eigenvalue weighted by Crippen LogP contribution is 2.45. The van der Waals surface area contributed by atoms with E-state index in [1.807, 2.05) is 0 Å². The summed E-state index contributed by atoms with van der Waals surface area (Å²) in [7, 11) is 0. The number of aromatic nitrogens is 2. The van der Waals surface area contributed by atoms with Crippen LogP contribution in [0.25, 0.3) is 0 Å². The third-order valence-electron chi connectivity index (χ3n) is 7.63. The number of carbonyl (C=O) groups excluding carboxylic acids is 2. The largest absolute Gasteiger partial charge is 0.361 e. The number of halogens is 5. The lowest BCUT2D eigenvalue weighted by Crippen LogP contribution is -2.58.